The molecule has 0 spiro atoms. The van der Waals surface area contributed by atoms with Gasteiger partial charge in [0.1, 0.15) is 5.78 Å². The smallest absolute Gasteiger partial charge is 0.398 e. The molecule has 5 rings (SSSR count). The van der Waals surface area contributed by atoms with Gasteiger partial charge in [0.05, 0.1) is 33.3 Å². The number of hydrogen-bond donors (Lipinski definition) is 1. The van der Waals surface area contributed by atoms with E-state index in [1.54, 1.807) is 0 Å². The molecule has 0 bridgehead atoms. The van der Waals surface area contributed by atoms with Gasteiger partial charge in [0, 0.05) is 17.9 Å². The lowest BCUT2D eigenvalue weighted by Crippen LogP contribution is -2.32. The predicted molar refractivity (Wildman–Crippen MR) is 152 cm³/mol. The molecule has 0 radical (unpaired) electrons. The number of alkyl halides is 3. The van der Waals surface area contributed by atoms with Gasteiger partial charge < -0.3 is 10.0 Å². The van der Waals surface area contributed by atoms with Crippen LogP contribution in [0.25, 0.3) is 5.57 Å². The fourth-order valence-electron chi connectivity index (χ4n) is 6.44. The number of carboxylic acid groups (broad SMARTS) is 1. The third-order valence-electron chi connectivity index (χ3n) is 9.05. The number of allylic oxidation sites excluding steroid dienone is 2. The van der Waals surface area contributed by atoms with Crippen molar-refractivity contribution in [3.8, 4) is 0 Å². The molecule has 2 aromatic rings. The fraction of sp³-hybridized carbons (Fsp3) is 0.548. The number of rotatable bonds is 9. The molecule has 1 heterocycles. The van der Waals surface area contributed by atoms with Crippen molar-refractivity contribution in [3.63, 3.8) is 0 Å². The summed E-state index contributed by atoms with van der Waals surface area (Å²) in [6.07, 6.45) is 0.686. The Hall–Kier alpha value is -2.98. The Morgan fingerprint density at radius 1 is 1.14 bits per heavy atom. The number of aromatic nitrogens is 2. The molecule has 1 aromatic heterocycles. The average Bonchev–Trinajstić information content (AvgIpc) is 3.68. The number of nitrogens with zero attached hydrogens (tertiary/aromatic N) is 3. The average molecular weight is 606 g/mol. The lowest BCUT2D eigenvalue weighted by atomic mass is 9.80. The highest BCUT2D eigenvalue weighted by Crippen LogP contribution is 2.60. The summed E-state index contributed by atoms with van der Waals surface area (Å²) in [4.78, 5) is 40.8. The van der Waals surface area contributed by atoms with Gasteiger partial charge in [0.2, 0.25) is 0 Å². The van der Waals surface area contributed by atoms with Crippen molar-refractivity contribution in [2.24, 2.45) is 11.8 Å². The molecule has 1 fully saturated rings. The Morgan fingerprint density at radius 2 is 1.86 bits per heavy atom. The first kappa shape index (κ1) is 30.5. The summed E-state index contributed by atoms with van der Waals surface area (Å²) in [6, 6.07) is 4.16. The first-order valence-electron chi connectivity index (χ1n) is 14.4. The van der Waals surface area contributed by atoms with Crippen LogP contribution in [0.5, 0.6) is 0 Å². The summed E-state index contributed by atoms with van der Waals surface area (Å²) in [5, 5.41) is 14.0. The molecule has 3 aliphatic carbocycles. The minimum Gasteiger partial charge on any atom is -0.481 e. The maximum Gasteiger partial charge on any atom is 0.398 e. The minimum absolute atomic E-state index is 0.0767. The number of carbonyl (C=O) groups excluding carboxylic acids is 2. The number of carbonyl (C=O) groups is 3. The third kappa shape index (κ3) is 5.67. The quantitative estimate of drug-likeness (QED) is 0.371. The largest absolute Gasteiger partial charge is 0.481 e. The van der Waals surface area contributed by atoms with Crippen molar-refractivity contribution in [3.05, 3.63) is 57.4 Å². The van der Waals surface area contributed by atoms with Gasteiger partial charge in [-0.1, -0.05) is 29.8 Å². The van der Waals surface area contributed by atoms with Crippen molar-refractivity contribution in [1.29, 1.82) is 0 Å². The molecule has 1 N–H and O–H groups in total. The summed E-state index contributed by atoms with van der Waals surface area (Å²) >= 11 is 6.45. The summed E-state index contributed by atoms with van der Waals surface area (Å²) in [6.45, 7) is 0.770. The normalized spacial score (nSPS) is 21.5. The predicted octanol–water partition coefficient (Wildman–Crippen LogP) is 6.10. The van der Waals surface area contributed by atoms with Crippen molar-refractivity contribution < 1.29 is 32.7 Å². The van der Waals surface area contributed by atoms with Gasteiger partial charge in [0.25, 0.3) is 5.91 Å². The number of ketones is 1. The molecular weight excluding hydrogens is 571 g/mol. The molecule has 7 nitrogen and oxygen atoms in total. The number of aliphatic carboxylic acids is 1. The van der Waals surface area contributed by atoms with Crippen LogP contribution in [-0.4, -0.2) is 64.3 Å². The molecule has 226 valence electrons. The summed E-state index contributed by atoms with van der Waals surface area (Å²) in [7, 11) is 3.88. The second-order valence-electron chi connectivity index (χ2n) is 12.1. The van der Waals surface area contributed by atoms with E-state index in [1.165, 1.54) is 22.9 Å². The molecule has 0 saturated heterocycles. The van der Waals surface area contributed by atoms with E-state index in [2.05, 4.69) is 5.10 Å². The number of halogens is 4. The lowest BCUT2D eigenvalue weighted by Gasteiger charge is -2.25. The number of benzene rings is 1. The van der Waals surface area contributed by atoms with Crippen LogP contribution in [0.2, 0.25) is 5.02 Å². The fourth-order valence-corrected chi connectivity index (χ4v) is 6.69. The van der Waals surface area contributed by atoms with Gasteiger partial charge in [-0.05, 0) is 95.6 Å². The summed E-state index contributed by atoms with van der Waals surface area (Å²) in [5.74, 6) is -2.34. The molecule has 0 aliphatic heterocycles. The molecule has 2 unspecified atom stereocenters. The molecule has 2 atom stereocenters. The summed E-state index contributed by atoms with van der Waals surface area (Å²) in [5.41, 5.74) is 0.218. The van der Waals surface area contributed by atoms with E-state index in [0.29, 0.717) is 56.3 Å². The topological polar surface area (TPSA) is 92.5 Å². The second kappa shape index (κ2) is 11.6. The van der Waals surface area contributed by atoms with Gasteiger partial charge in [0.15, 0.2) is 0 Å². The first-order valence-corrected chi connectivity index (χ1v) is 14.8. The van der Waals surface area contributed by atoms with E-state index in [9.17, 15) is 32.7 Å². The number of carboxylic acids is 1. The highest BCUT2D eigenvalue weighted by molar-refractivity contribution is 6.34. The van der Waals surface area contributed by atoms with Crippen LogP contribution in [0.4, 0.5) is 13.2 Å². The molecule has 1 saturated carbocycles. The van der Waals surface area contributed by atoms with Crippen molar-refractivity contribution in [1.82, 2.24) is 14.7 Å². The van der Waals surface area contributed by atoms with Gasteiger partial charge in [-0.15, -0.1) is 0 Å². The van der Waals surface area contributed by atoms with Gasteiger partial charge in [-0.3, -0.25) is 14.4 Å². The van der Waals surface area contributed by atoms with Gasteiger partial charge in [-0.25, -0.2) is 0 Å². The molecule has 11 heteroatoms. The van der Waals surface area contributed by atoms with Gasteiger partial charge >= 0.3 is 12.1 Å². The first-order chi connectivity index (χ1) is 19.8. The van der Waals surface area contributed by atoms with Crippen molar-refractivity contribution in [2.75, 3.05) is 20.6 Å². The maximum atomic E-state index is 14.2. The van der Waals surface area contributed by atoms with E-state index < -0.39 is 29.4 Å². The maximum absolute atomic E-state index is 14.2. The van der Waals surface area contributed by atoms with Crippen LogP contribution in [0.1, 0.15) is 84.2 Å². The number of fused-ring (bicyclic) bond motifs is 1. The Balaban J connectivity index is 1.55. The molecule has 1 aromatic carbocycles. The Kier molecular flexibility index (Phi) is 8.42. The number of Topliss-reactive ketones (excluding diaryl/α,β-unsaturated/α-hetero) is 1. The molecule has 3 aliphatic rings. The second-order valence-corrected chi connectivity index (χ2v) is 12.5. The molecule has 42 heavy (non-hydrogen) atoms. The van der Waals surface area contributed by atoms with E-state index in [1.807, 2.05) is 25.1 Å². The molecular formula is C31H35ClF3N3O4. The van der Waals surface area contributed by atoms with Crippen LogP contribution < -0.4 is 0 Å². The van der Waals surface area contributed by atoms with Crippen LogP contribution in [0, 0.1) is 11.8 Å². The Bertz CT molecular complexity index is 1440. The standard InChI is InChI=1S/C31H35ClF3N3O4/c1-37(2)16-4-7-25(39)20-12-13-21-24(17-20)38(36-27(21)18-8-10-19(11-9-18)29(41)42)28(40)26-22(5-3-6-23(26)32)30(14-15-30)31(33,34)35/h3,5-6,8,19-20H,4,7,9-17H2,1-2H3,(H,41,42). The highest BCUT2D eigenvalue weighted by Gasteiger charge is 2.65. The van der Waals surface area contributed by atoms with E-state index in [4.69, 9.17) is 11.6 Å². The van der Waals surface area contributed by atoms with Crippen LogP contribution in [-0.2, 0) is 27.8 Å². The van der Waals surface area contributed by atoms with Crippen LogP contribution in [0.15, 0.2) is 24.3 Å². The number of hydrogen-bond acceptors (Lipinski definition) is 5. The SMILES string of the molecule is CN(C)CCCC(=O)C1CCc2c(C3=CCC(C(=O)O)CC3)nn(C(=O)c3c(Cl)cccc3C3(C(F)(F)F)CC3)c2C1. The zero-order valence-electron chi connectivity index (χ0n) is 23.8. The van der Waals surface area contributed by atoms with E-state index >= 15 is 0 Å². The van der Waals surface area contributed by atoms with Crippen LogP contribution in [0.3, 0.4) is 0 Å². The lowest BCUT2D eigenvalue weighted by molar-refractivity contribution is -0.160. The minimum atomic E-state index is -4.54. The zero-order valence-corrected chi connectivity index (χ0v) is 24.5. The molecule has 0 amide bonds. The third-order valence-corrected chi connectivity index (χ3v) is 9.36. The zero-order chi connectivity index (χ0) is 30.4. The van der Waals surface area contributed by atoms with E-state index in [-0.39, 0.29) is 47.1 Å². The highest BCUT2D eigenvalue weighted by atomic mass is 35.5. The van der Waals surface area contributed by atoms with Crippen molar-refractivity contribution >= 4 is 34.8 Å². The van der Waals surface area contributed by atoms with E-state index in [0.717, 1.165) is 17.7 Å². The Morgan fingerprint density at radius 3 is 2.45 bits per heavy atom. The van der Waals surface area contributed by atoms with Crippen LogP contribution >= 0.6 is 11.6 Å². The monoisotopic (exact) mass is 605 g/mol. The van der Waals surface area contributed by atoms with Gasteiger partial charge in [-0.2, -0.15) is 23.0 Å². The summed E-state index contributed by atoms with van der Waals surface area (Å²) < 4.78 is 43.8. The van der Waals surface area contributed by atoms with Crippen molar-refractivity contribution in [2.45, 2.75) is 75.8 Å². The Labute approximate surface area is 247 Å².